The lowest BCUT2D eigenvalue weighted by Gasteiger charge is -2.16. The highest BCUT2D eigenvalue weighted by molar-refractivity contribution is 5.69. The van der Waals surface area contributed by atoms with Crippen LogP contribution >= 0.6 is 0 Å². The lowest BCUT2D eigenvalue weighted by Crippen LogP contribution is -2.15. The minimum absolute atomic E-state index is 0.00260. The first kappa shape index (κ1) is 36.9. The smallest absolute Gasteiger partial charge is 0.306 e. The summed E-state index contributed by atoms with van der Waals surface area (Å²) in [5, 5.41) is 0. The van der Waals surface area contributed by atoms with E-state index in [1.165, 1.54) is 96.3 Å². The Morgan fingerprint density at radius 1 is 0.526 bits per heavy atom. The molecule has 226 valence electrons. The van der Waals surface area contributed by atoms with Crippen LogP contribution in [0.25, 0.3) is 0 Å². The van der Waals surface area contributed by atoms with E-state index in [1.807, 2.05) is 0 Å². The van der Waals surface area contributed by atoms with Crippen LogP contribution in [0.2, 0.25) is 0 Å². The predicted octanol–water partition coefficient (Wildman–Crippen LogP) is 10.6. The molecule has 0 saturated heterocycles. The van der Waals surface area contributed by atoms with Crippen LogP contribution < -0.4 is 0 Å². The van der Waals surface area contributed by atoms with Gasteiger partial charge in [-0.2, -0.15) is 0 Å². The number of carbonyl (C=O) groups is 2. The van der Waals surface area contributed by atoms with Crippen molar-refractivity contribution in [3.63, 3.8) is 0 Å². The summed E-state index contributed by atoms with van der Waals surface area (Å²) in [7, 11) is 0. The number of ether oxygens (including phenoxy) is 2. The molecule has 0 rings (SSSR count). The standard InChI is InChI=1S/C34H66O4/c1-6-10-24-31(8-3)28-37-33(35)26-22-20-18-16-14-12-13-15-17-19-21-23-30(5)27-34(36)38-29-32(9-4)25-11-7-2/h30-32H,6-29H2,1-5H3. The molecule has 3 atom stereocenters. The highest BCUT2D eigenvalue weighted by Crippen LogP contribution is 2.18. The van der Waals surface area contributed by atoms with E-state index in [1.54, 1.807) is 0 Å². The maximum absolute atomic E-state index is 12.1. The van der Waals surface area contributed by atoms with Crippen molar-refractivity contribution in [2.75, 3.05) is 13.2 Å². The first-order valence-electron chi connectivity index (χ1n) is 16.8. The molecule has 0 heterocycles. The normalized spacial score (nSPS) is 13.7. The van der Waals surface area contributed by atoms with Gasteiger partial charge in [0.15, 0.2) is 0 Å². The van der Waals surface area contributed by atoms with Crippen molar-refractivity contribution in [3.05, 3.63) is 0 Å². The summed E-state index contributed by atoms with van der Waals surface area (Å²) < 4.78 is 11.1. The maximum Gasteiger partial charge on any atom is 0.306 e. The van der Waals surface area contributed by atoms with E-state index in [0.29, 0.717) is 43.8 Å². The summed E-state index contributed by atoms with van der Waals surface area (Å²) in [6.45, 7) is 12.2. The minimum Gasteiger partial charge on any atom is -0.465 e. The Hall–Kier alpha value is -1.06. The lowest BCUT2D eigenvalue weighted by atomic mass is 9.98. The van der Waals surface area contributed by atoms with E-state index < -0.39 is 0 Å². The number of hydrogen-bond acceptors (Lipinski definition) is 4. The molecule has 38 heavy (non-hydrogen) atoms. The number of carbonyl (C=O) groups excluding carboxylic acids is 2. The van der Waals surface area contributed by atoms with Crippen LogP contribution in [0.5, 0.6) is 0 Å². The molecule has 0 radical (unpaired) electrons. The van der Waals surface area contributed by atoms with Crippen LogP contribution in [0, 0.1) is 17.8 Å². The molecule has 0 bridgehead atoms. The van der Waals surface area contributed by atoms with Gasteiger partial charge in [0, 0.05) is 12.8 Å². The Morgan fingerprint density at radius 3 is 1.39 bits per heavy atom. The zero-order valence-corrected chi connectivity index (χ0v) is 26.3. The molecule has 0 fully saturated rings. The molecule has 4 heteroatoms. The predicted molar refractivity (Wildman–Crippen MR) is 162 cm³/mol. The third-order valence-corrected chi connectivity index (χ3v) is 8.14. The summed E-state index contributed by atoms with van der Waals surface area (Å²) >= 11 is 0. The molecule has 0 aliphatic heterocycles. The van der Waals surface area contributed by atoms with E-state index >= 15 is 0 Å². The zero-order chi connectivity index (χ0) is 28.3. The molecule has 0 N–H and O–H groups in total. The molecular formula is C34H66O4. The molecule has 0 aromatic rings. The van der Waals surface area contributed by atoms with Crippen molar-refractivity contribution in [2.45, 2.75) is 176 Å². The molecule has 0 spiro atoms. The summed E-state index contributed by atoms with van der Waals surface area (Å²) in [5.41, 5.74) is 0. The van der Waals surface area contributed by atoms with Gasteiger partial charge in [0.25, 0.3) is 0 Å². The van der Waals surface area contributed by atoms with E-state index in [2.05, 4.69) is 34.6 Å². The summed E-state index contributed by atoms with van der Waals surface area (Å²) in [5.74, 6) is 1.49. The van der Waals surface area contributed by atoms with E-state index in [-0.39, 0.29) is 11.9 Å². The quantitative estimate of drug-likeness (QED) is 0.0734. The maximum atomic E-state index is 12.1. The van der Waals surface area contributed by atoms with Crippen molar-refractivity contribution in [2.24, 2.45) is 17.8 Å². The van der Waals surface area contributed by atoms with Gasteiger partial charge in [-0.25, -0.2) is 0 Å². The fourth-order valence-electron chi connectivity index (χ4n) is 5.09. The van der Waals surface area contributed by atoms with Crippen molar-refractivity contribution in [1.82, 2.24) is 0 Å². The van der Waals surface area contributed by atoms with Crippen molar-refractivity contribution in [3.8, 4) is 0 Å². The van der Waals surface area contributed by atoms with Crippen LogP contribution in [-0.4, -0.2) is 25.2 Å². The second kappa shape index (κ2) is 27.5. The van der Waals surface area contributed by atoms with Gasteiger partial charge in [0.05, 0.1) is 13.2 Å². The van der Waals surface area contributed by atoms with Gasteiger partial charge >= 0.3 is 11.9 Å². The summed E-state index contributed by atoms with van der Waals surface area (Å²) in [6, 6.07) is 0. The second-order valence-electron chi connectivity index (χ2n) is 11.9. The third kappa shape index (κ3) is 24.0. The Kier molecular flexibility index (Phi) is 26.7. The molecule has 3 unspecified atom stereocenters. The van der Waals surface area contributed by atoms with Gasteiger partial charge in [-0.05, 0) is 37.0 Å². The summed E-state index contributed by atoms with van der Waals surface area (Å²) in [4.78, 5) is 24.1. The minimum atomic E-state index is -0.00435. The summed E-state index contributed by atoms with van der Waals surface area (Å²) in [6.07, 6.45) is 25.5. The van der Waals surface area contributed by atoms with E-state index in [0.717, 1.165) is 32.1 Å². The monoisotopic (exact) mass is 538 g/mol. The molecule has 4 nitrogen and oxygen atoms in total. The number of rotatable bonds is 28. The molecular weight excluding hydrogens is 472 g/mol. The third-order valence-electron chi connectivity index (χ3n) is 8.14. The van der Waals surface area contributed by atoms with Crippen molar-refractivity contribution >= 4 is 11.9 Å². The van der Waals surface area contributed by atoms with Crippen LogP contribution in [0.15, 0.2) is 0 Å². The van der Waals surface area contributed by atoms with Gasteiger partial charge in [-0.1, -0.05) is 144 Å². The average molecular weight is 539 g/mol. The molecule has 0 amide bonds. The van der Waals surface area contributed by atoms with Crippen LogP contribution in [-0.2, 0) is 19.1 Å². The highest BCUT2D eigenvalue weighted by atomic mass is 16.5. The largest absolute Gasteiger partial charge is 0.465 e. The second-order valence-corrected chi connectivity index (χ2v) is 11.9. The van der Waals surface area contributed by atoms with Gasteiger partial charge in [-0.3, -0.25) is 9.59 Å². The zero-order valence-electron chi connectivity index (χ0n) is 26.3. The SMILES string of the molecule is CCCCC(CC)COC(=O)CCCCCCCCCCCCCC(C)CC(=O)OCC(CC)CCCC. The van der Waals surface area contributed by atoms with Gasteiger partial charge in [0.1, 0.15) is 0 Å². The molecule has 0 saturated carbocycles. The van der Waals surface area contributed by atoms with Crippen molar-refractivity contribution < 1.29 is 19.1 Å². The van der Waals surface area contributed by atoms with Crippen LogP contribution in [0.4, 0.5) is 0 Å². The fraction of sp³-hybridized carbons (Fsp3) is 0.941. The number of esters is 2. The van der Waals surface area contributed by atoms with E-state index in [4.69, 9.17) is 9.47 Å². The topological polar surface area (TPSA) is 52.6 Å². The fourth-order valence-corrected chi connectivity index (χ4v) is 5.09. The Labute approximate surface area is 237 Å². The van der Waals surface area contributed by atoms with Crippen LogP contribution in [0.3, 0.4) is 0 Å². The highest BCUT2D eigenvalue weighted by Gasteiger charge is 2.13. The first-order valence-corrected chi connectivity index (χ1v) is 16.8. The first-order chi connectivity index (χ1) is 18.5. The number of hydrogen-bond donors (Lipinski definition) is 0. The van der Waals surface area contributed by atoms with Gasteiger partial charge < -0.3 is 9.47 Å². The lowest BCUT2D eigenvalue weighted by molar-refractivity contribution is -0.146. The number of unbranched alkanes of at least 4 members (excludes halogenated alkanes) is 12. The van der Waals surface area contributed by atoms with Gasteiger partial charge in [-0.15, -0.1) is 0 Å². The molecule has 0 aromatic heterocycles. The van der Waals surface area contributed by atoms with Gasteiger partial charge in [0.2, 0.25) is 0 Å². The van der Waals surface area contributed by atoms with Crippen LogP contribution in [0.1, 0.15) is 176 Å². The molecule has 0 aliphatic carbocycles. The average Bonchev–Trinajstić information content (AvgIpc) is 2.91. The Morgan fingerprint density at radius 2 is 0.947 bits per heavy atom. The molecule has 0 aromatic carbocycles. The van der Waals surface area contributed by atoms with Crippen molar-refractivity contribution in [1.29, 1.82) is 0 Å². The Balaban J connectivity index is 3.50. The molecule has 0 aliphatic rings. The Bertz CT molecular complexity index is 533. The van der Waals surface area contributed by atoms with E-state index in [9.17, 15) is 9.59 Å².